The van der Waals surface area contributed by atoms with E-state index in [4.69, 9.17) is 5.73 Å². The van der Waals surface area contributed by atoms with E-state index in [1.54, 1.807) is 0 Å². The van der Waals surface area contributed by atoms with Gasteiger partial charge < -0.3 is 10.6 Å². The molecule has 0 aromatic rings. The van der Waals surface area contributed by atoms with Crippen LogP contribution in [-0.4, -0.2) is 30.4 Å². The van der Waals surface area contributed by atoms with Gasteiger partial charge in [0, 0.05) is 19.6 Å². The van der Waals surface area contributed by atoms with E-state index in [9.17, 15) is 4.79 Å². The zero-order valence-corrected chi connectivity index (χ0v) is 11.6. The van der Waals surface area contributed by atoms with Crippen molar-refractivity contribution in [3.05, 3.63) is 0 Å². The Morgan fingerprint density at radius 1 is 1.35 bits per heavy atom. The summed E-state index contributed by atoms with van der Waals surface area (Å²) >= 11 is 0. The van der Waals surface area contributed by atoms with Gasteiger partial charge in [-0.05, 0) is 18.8 Å². The smallest absolute Gasteiger partial charge is 0.226 e. The molecule has 0 radical (unpaired) electrons. The van der Waals surface area contributed by atoms with Crippen LogP contribution >= 0.6 is 0 Å². The molecule has 1 aliphatic rings. The highest BCUT2D eigenvalue weighted by atomic mass is 16.2. The van der Waals surface area contributed by atoms with E-state index in [2.05, 4.69) is 13.8 Å². The van der Waals surface area contributed by atoms with Crippen LogP contribution in [0.15, 0.2) is 0 Å². The van der Waals surface area contributed by atoms with Crippen molar-refractivity contribution in [3.8, 4) is 0 Å². The summed E-state index contributed by atoms with van der Waals surface area (Å²) in [5, 5.41) is 0. The quantitative estimate of drug-likeness (QED) is 0.767. The number of carbonyl (C=O) groups excluding carboxylic acids is 1. The molecule has 3 heteroatoms. The molecule has 1 amide bonds. The van der Waals surface area contributed by atoms with E-state index in [0.29, 0.717) is 5.92 Å². The molecule has 2 N–H and O–H groups in total. The molecule has 1 saturated carbocycles. The zero-order chi connectivity index (χ0) is 12.8. The minimum Gasteiger partial charge on any atom is -0.345 e. The van der Waals surface area contributed by atoms with Gasteiger partial charge in [0.15, 0.2) is 0 Å². The third-order valence-electron chi connectivity index (χ3n) is 4.05. The Morgan fingerprint density at radius 2 is 2.00 bits per heavy atom. The molecule has 0 spiro atoms. The van der Waals surface area contributed by atoms with Crippen LogP contribution in [0, 0.1) is 11.8 Å². The van der Waals surface area contributed by atoms with Gasteiger partial charge in [-0.15, -0.1) is 0 Å². The molecule has 1 aliphatic carbocycles. The van der Waals surface area contributed by atoms with Crippen LogP contribution in [0.2, 0.25) is 0 Å². The number of nitrogens with zero attached hydrogens (tertiary/aromatic N) is 1. The van der Waals surface area contributed by atoms with Gasteiger partial charge in [0.05, 0.1) is 5.92 Å². The zero-order valence-electron chi connectivity index (χ0n) is 11.6. The van der Waals surface area contributed by atoms with Gasteiger partial charge in [0.1, 0.15) is 0 Å². The van der Waals surface area contributed by atoms with Crippen molar-refractivity contribution in [1.82, 2.24) is 4.90 Å². The number of carbonyl (C=O) groups is 1. The van der Waals surface area contributed by atoms with Crippen molar-refractivity contribution >= 4 is 5.91 Å². The second kappa shape index (κ2) is 7.00. The molecular weight excluding hydrogens is 212 g/mol. The first-order valence-electron chi connectivity index (χ1n) is 7.06. The molecular formula is C14H28N2O. The summed E-state index contributed by atoms with van der Waals surface area (Å²) in [6.45, 7) is 5.22. The molecule has 0 heterocycles. The Morgan fingerprint density at radius 3 is 2.65 bits per heavy atom. The van der Waals surface area contributed by atoms with Gasteiger partial charge >= 0.3 is 0 Å². The summed E-state index contributed by atoms with van der Waals surface area (Å²) in [6.07, 6.45) is 6.67. The Labute approximate surface area is 106 Å². The number of amides is 1. The van der Waals surface area contributed by atoms with Crippen LogP contribution in [0.25, 0.3) is 0 Å². The summed E-state index contributed by atoms with van der Waals surface area (Å²) in [6, 6.07) is 0.0735. The number of nitrogens with two attached hydrogens (primary N) is 1. The predicted octanol–water partition coefficient (Wildman–Crippen LogP) is 2.40. The molecule has 0 aromatic heterocycles. The topological polar surface area (TPSA) is 46.3 Å². The highest BCUT2D eigenvalue weighted by Crippen LogP contribution is 2.24. The lowest BCUT2D eigenvalue weighted by Gasteiger charge is -2.28. The minimum atomic E-state index is 0.0616. The van der Waals surface area contributed by atoms with E-state index in [-0.39, 0.29) is 17.9 Å². The first-order chi connectivity index (χ1) is 8.06. The Kier molecular flexibility index (Phi) is 5.96. The lowest BCUT2D eigenvalue weighted by atomic mass is 9.93. The van der Waals surface area contributed by atoms with E-state index >= 15 is 0 Å². The molecule has 3 atom stereocenters. The van der Waals surface area contributed by atoms with Crippen molar-refractivity contribution in [1.29, 1.82) is 0 Å². The summed E-state index contributed by atoms with van der Waals surface area (Å²) in [5.74, 6) is 0.900. The van der Waals surface area contributed by atoms with E-state index in [0.717, 1.165) is 32.2 Å². The highest BCUT2D eigenvalue weighted by Gasteiger charge is 2.29. The van der Waals surface area contributed by atoms with Gasteiger partial charge in [0.25, 0.3) is 0 Å². The van der Waals surface area contributed by atoms with Crippen LogP contribution in [-0.2, 0) is 4.79 Å². The lowest BCUT2D eigenvalue weighted by molar-refractivity contribution is -0.135. The Hall–Kier alpha value is -0.570. The maximum absolute atomic E-state index is 12.4. The third kappa shape index (κ3) is 4.30. The van der Waals surface area contributed by atoms with Gasteiger partial charge in [-0.3, -0.25) is 4.79 Å². The maximum Gasteiger partial charge on any atom is 0.226 e. The number of rotatable bonds is 4. The van der Waals surface area contributed by atoms with Crippen molar-refractivity contribution in [2.24, 2.45) is 17.6 Å². The van der Waals surface area contributed by atoms with Gasteiger partial charge in [0.2, 0.25) is 5.91 Å². The molecule has 0 bridgehead atoms. The van der Waals surface area contributed by atoms with Crippen molar-refractivity contribution < 1.29 is 4.79 Å². The van der Waals surface area contributed by atoms with Crippen molar-refractivity contribution in [2.75, 3.05) is 13.6 Å². The van der Waals surface area contributed by atoms with E-state index < -0.39 is 0 Å². The minimum absolute atomic E-state index is 0.0616. The maximum atomic E-state index is 12.4. The SMILES string of the molecule is CCC(C)CN(C)C(=O)C1CCCCCC1N. The summed E-state index contributed by atoms with van der Waals surface area (Å²) in [4.78, 5) is 14.3. The monoisotopic (exact) mass is 240 g/mol. The fraction of sp³-hybridized carbons (Fsp3) is 0.929. The first kappa shape index (κ1) is 14.5. The molecule has 3 nitrogen and oxygen atoms in total. The summed E-state index contributed by atoms with van der Waals surface area (Å²) in [5.41, 5.74) is 6.13. The van der Waals surface area contributed by atoms with E-state index in [1.165, 1.54) is 12.8 Å². The van der Waals surface area contributed by atoms with Crippen molar-refractivity contribution in [2.45, 2.75) is 58.4 Å². The molecule has 1 rings (SSSR count). The molecule has 0 aliphatic heterocycles. The van der Waals surface area contributed by atoms with Gasteiger partial charge in [-0.1, -0.05) is 39.5 Å². The van der Waals surface area contributed by atoms with Crippen LogP contribution in [0.3, 0.4) is 0 Å². The van der Waals surface area contributed by atoms with Crippen LogP contribution in [0.4, 0.5) is 0 Å². The van der Waals surface area contributed by atoms with Gasteiger partial charge in [-0.2, -0.15) is 0 Å². The lowest BCUT2D eigenvalue weighted by Crippen LogP contribution is -2.43. The average molecular weight is 240 g/mol. The summed E-state index contributed by atoms with van der Waals surface area (Å²) < 4.78 is 0. The number of hydrogen-bond acceptors (Lipinski definition) is 2. The molecule has 17 heavy (non-hydrogen) atoms. The highest BCUT2D eigenvalue weighted by molar-refractivity contribution is 5.79. The second-order valence-corrected chi connectivity index (χ2v) is 5.64. The van der Waals surface area contributed by atoms with E-state index in [1.807, 2.05) is 11.9 Å². The largest absolute Gasteiger partial charge is 0.345 e. The first-order valence-corrected chi connectivity index (χ1v) is 7.06. The third-order valence-corrected chi connectivity index (χ3v) is 4.05. The average Bonchev–Trinajstić information content (AvgIpc) is 2.52. The molecule has 1 fully saturated rings. The summed E-state index contributed by atoms with van der Waals surface area (Å²) in [7, 11) is 1.92. The normalized spacial score (nSPS) is 27.3. The predicted molar refractivity (Wildman–Crippen MR) is 71.6 cm³/mol. The van der Waals surface area contributed by atoms with Crippen LogP contribution < -0.4 is 5.73 Å². The standard InChI is InChI=1S/C14H28N2O/c1-4-11(2)10-16(3)14(17)12-8-6-5-7-9-13(12)15/h11-13H,4-10,15H2,1-3H3. The van der Waals surface area contributed by atoms with Crippen LogP contribution in [0.1, 0.15) is 52.4 Å². The molecule has 100 valence electrons. The van der Waals surface area contributed by atoms with Crippen molar-refractivity contribution in [3.63, 3.8) is 0 Å². The number of hydrogen-bond donors (Lipinski definition) is 1. The molecule has 0 aromatic carbocycles. The van der Waals surface area contributed by atoms with Gasteiger partial charge in [-0.25, -0.2) is 0 Å². The van der Waals surface area contributed by atoms with Crippen LogP contribution in [0.5, 0.6) is 0 Å². The Bertz CT molecular complexity index is 242. The fourth-order valence-electron chi connectivity index (χ4n) is 2.61. The Balaban J connectivity index is 2.54. The fourth-order valence-corrected chi connectivity index (χ4v) is 2.61. The second-order valence-electron chi connectivity index (χ2n) is 5.64. The molecule has 0 saturated heterocycles. The molecule has 3 unspecified atom stereocenters.